The van der Waals surface area contributed by atoms with Crippen molar-refractivity contribution >= 4 is 22.6 Å². The molecule has 0 unspecified atom stereocenters. The van der Waals surface area contributed by atoms with Gasteiger partial charge in [0, 0.05) is 0 Å². The third-order valence-electron chi connectivity index (χ3n) is 4.42. The van der Waals surface area contributed by atoms with Crippen molar-refractivity contribution in [2.24, 2.45) is 0 Å². The highest BCUT2D eigenvalue weighted by Crippen LogP contribution is 2.17. The van der Waals surface area contributed by atoms with Crippen LogP contribution in [0.15, 0.2) is 85.5 Å². The summed E-state index contributed by atoms with van der Waals surface area (Å²) in [5.74, 6) is 0.363. The van der Waals surface area contributed by atoms with E-state index in [2.05, 4.69) is 25.5 Å². The molecule has 1 N–H and O–H groups in total. The van der Waals surface area contributed by atoms with Gasteiger partial charge in [-0.3, -0.25) is 9.36 Å². The summed E-state index contributed by atoms with van der Waals surface area (Å²) in [5, 5.41) is 11.2. The Bertz CT molecular complexity index is 1290. The lowest BCUT2D eigenvalue weighted by atomic mass is 10.3. The molecular weight excluding hydrogens is 366 g/mol. The summed E-state index contributed by atoms with van der Waals surface area (Å²) >= 11 is 0. The average molecular weight is 381 g/mol. The van der Waals surface area contributed by atoms with Crippen LogP contribution in [0.2, 0.25) is 0 Å². The van der Waals surface area contributed by atoms with E-state index in [0.29, 0.717) is 11.5 Å². The highest BCUT2D eigenvalue weighted by molar-refractivity contribution is 6.02. The first kappa shape index (κ1) is 16.8. The van der Waals surface area contributed by atoms with Gasteiger partial charge < -0.3 is 5.32 Å². The van der Waals surface area contributed by atoms with Crippen molar-refractivity contribution in [2.75, 3.05) is 5.32 Å². The van der Waals surface area contributed by atoms with Gasteiger partial charge in [-0.05, 0) is 36.4 Å². The Morgan fingerprint density at radius 2 is 1.69 bits per heavy atom. The fourth-order valence-corrected chi connectivity index (χ4v) is 2.99. The number of hydrogen-bond acceptors (Lipinski definition) is 5. The number of amides is 1. The number of pyridine rings is 1. The Labute approximate surface area is 165 Å². The van der Waals surface area contributed by atoms with E-state index < -0.39 is 0 Å². The molecule has 0 spiro atoms. The molecule has 0 aliphatic carbocycles. The standard InChI is InChI=1S/C21H15N7O/c29-21(18-13-24-28(26-18)16-6-2-1-3-7-16)25-15-10-11-20(22-12-15)27-14-23-17-8-4-5-9-19(17)27/h1-14H,(H,25,29). The molecule has 3 aromatic heterocycles. The van der Waals surface area contributed by atoms with Crippen molar-refractivity contribution in [1.29, 1.82) is 0 Å². The third kappa shape index (κ3) is 3.23. The number of imidazole rings is 1. The van der Waals surface area contributed by atoms with Crippen LogP contribution in [0.1, 0.15) is 10.5 Å². The van der Waals surface area contributed by atoms with E-state index in [9.17, 15) is 4.79 Å². The Balaban J connectivity index is 1.34. The summed E-state index contributed by atoms with van der Waals surface area (Å²) in [4.78, 5) is 22.7. The van der Waals surface area contributed by atoms with Gasteiger partial charge in [0.2, 0.25) is 0 Å². The minimum Gasteiger partial charge on any atom is -0.319 e. The molecule has 0 aliphatic rings. The Hall–Kier alpha value is -4.33. The SMILES string of the molecule is O=C(Nc1ccc(-n2cnc3ccccc32)nc1)c1cnn(-c2ccccc2)n1. The molecule has 8 nitrogen and oxygen atoms in total. The third-order valence-corrected chi connectivity index (χ3v) is 4.42. The molecule has 0 bridgehead atoms. The van der Waals surface area contributed by atoms with Crippen LogP contribution < -0.4 is 5.32 Å². The van der Waals surface area contributed by atoms with Gasteiger partial charge in [0.05, 0.1) is 34.8 Å². The van der Waals surface area contributed by atoms with Crippen molar-refractivity contribution in [3.63, 3.8) is 0 Å². The lowest BCUT2D eigenvalue weighted by molar-refractivity contribution is 0.102. The first-order valence-electron chi connectivity index (χ1n) is 8.95. The lowest BCUT2D eigenvalue weighted by Gasteiger charge is -2.06. The fourth-order valence-electron chi connectivity index (χ4n) is 2.99. The number of nitrogens with one attached hydrogen (secondary N) is 1. The van der Waals surface area contributed by atoms with E-state index in [1.807, 2.05) is 65.2 Å². The van der Waals surface area contributed by atoms with E-state index in [4.69, 9.17) is 0 Å². The second-order valence-electron chi connectivity index (χ2n) is 6.32. The van der Waals surface area contributed by atoms with Gasteiger partial charge in [0.1, 0.15) is 12.1 Å². The zero-order valence-electron chi connectivity index (χ0n) is 15.2. The van der Waals surface area contributed by atoms with Crippen molar-refractivity contribution in [3.05, 3.63) is 91.1 Å². The molecule has 5 rings (SSSR count). The maximum atomic E-state index is 12.5. The number of anilines is 1. The quantitative estimate of drug-likeness (QED) is 0.516. The molecule has 0 saturated carbocycles. The highest BCUT2D eigenvalue weighted by Gasteiger charge is 2.12. The number of aromatic nitrogens is 6. The van der Waals surface area contributed by atoms with Crippen LogP contribution in [0.3, 0.4) is 0 Å². The summed E-state index contributed by atoms with van der Waals surface area (Å²) in [6.45, 7) is 0. The normalized spacial score (nSPS) is 10.9. The van der Waals surface area contributed by atoms with Crippen LogP contribution in [0, 0.1) is 0 Å². The molecule has 1 amide bonds. The molecule has 0 radical (unpaired) electrons. The molecule has 29 heavy (non-hydrogen) atoms. The maximum Gasteiger partial charge on any atom is 0.277 e. The van der Waals surface area contributed by atoms with Gasteiger partial charge in [0.15, 0.2) is 5.69 Å². The number of carbonyl (C=O) groups excluding carboxylic acids is 1. The smallest absolute Gasteiger partial charge is 0.277 e. The highest BCUT2D eigenvalue weighted by atomic mass is 16.2. The van der Waals surface area contributed by atoms with Crippen molar-refractivity contribution < 1.29 is 4.79 Å². The molecule has 2 aromatic carbocycles. The van der Waals surface area contributed by atoms with Crippen LogP contribution >= 0.6 is 0 Å². The molecule has 0 fully saturated rings. The Morgan fingerprint density at radius 3 is 2.52 bits per heavy atom. The average Bonchev–Trinajstić information content (AvgIpc) is 3.43. The molecule has 8 heteroatoms. The van der Waals surface area contributed by atoms with Gasteiger partial charge in [-0.15, -0.1) is 5.10 Å². The number of benzene rings is 2. The zero-order chi connectivity index (χ0) is 19.6. The number of nitrogens with zero attached hydrogens (tertiary/aromatic N) is 6. The Kier molecular flexibility index (Phi) is 4.06. The number of rotatable bonds is 4. The maximum absolute atomic E-state index is 12.5. The van der Waals surface area contributed by atoms with E-state index >= 15 is 0 Å². The number of fused-ring (bicyclic) bond motifs is 1. The lowest BCUT2D eigenvalue weighted by Crippen LogP contribution is -2.13. The van der Waals surface area contributed by atoms with Crippen molar-refractivity contribution in [1.82, 2.24) is 29.5 Å². The number of carbonyl (C=O) groups is 1. The molecular formula is C21H15N7O. The minimum absolute atomic E-state index is 0.221. The van der Waals surface area contributed by atoms with Crippen LogP contribution in [0.5, 0.6) is 0 Å². The summed E-state index contributed by atoms with van der Waals surface area (Å²) in [6, 6.07) is 20.8. The van der Waals surface area contributed by atoms with Gasteiger partial charge in [0.25, 0.3) is 5.91 Å². The molecule has 5 aromatic rings. The van der Waals surface area contributed by atoms with Crippen LogP contribution in [0.25, 0.3) is 22.5 Å². The largest absolute Gasteiger partial charge is 0.319 e. The second-order valence-corrected chi connectivity index (χ2v) is 6.32. The van der Waals surface area contributed by atoms with Gasteiger partial charge >= 0.3 is 0 Å². The summed E-state index contributed by atoms with van der Waals surface area (Å²) in [6.07, 6.45) is 4.76. The summed E-state index contributed by atoms with van der Waals surface area (Å²) in [7, 11) is 0. The van der Waals surface area contributed by atoms with E-state index in [0.717, 1.165) is 16.7 Å². The fraction of sp³-hybridized carbons (Fsp3) is 0. The van der Waals surface area contributed by atoms with E-state index in [1.165, 1.54) is 11.0 Å². The van der Waals surface area contributed by atoms with Crippen molar-refractivity contribution in [3.8, 4) is 11.5 Å². The van der Waals surface area contributed by atoms with Crippen LogP contribution in [0.4, 0.5) is 5.69 Å². The predicted octanol–water partition coefficient (Wildman–Crippen LogP) is 3.25. The number of para-hydroxylation sites is 3. The van der Waals surface area contributed by atoms with Crippen molar-refractivity contribution in [2.45, 2.75) is 0 Å². The van der Waals surface area contributed by atoms with Gasteiger partial charge in [-0.1, -0.05) is 30.3 Å². The molecule has 0 aliphatic heterocycles. The first-order valence-corrected chi connectivity index (χ1v) is 8.95. The van der Waals surface area contributed by atoms with Crippen LogP contribution in [-0.4, -0.2) is 35.4 Å². The monoisotopic (exact) mass is 381 g/mol. The first-order chi connectivity index (χ1) is 14.3. The Morgan fingerprint density at radius 1 is 0.862 bits per heavy atom. The second kappa shape index (κ2) is 7.01. The minimum atomic E-state index is -0.352. The summed E-state index contributed by atoms with van der Waals surface area (Å²) in [5.41, 5.74) is 3.43. The van der Waals surface area contributed by atoms with Gasteiger partial charge in [-0.2, -0.15) is 9.90 Å². The molecule has 0 saturated heterocycles. The topological polar surface area (TPSA) is 90.5 Å². The van der Waals surface area contributed by atoms with Crippen LogP contribution in [-0.2, 0) is 0 Å². The summed E-state index contributed by atoms with van der Waals surface area (Å²) < 4.78 is 1.90. The number of hydrogen-bond donors (Lipinski definition) is 1. The van der Waals surface area contributed by atoms with E-state index in [-0.39, 0.29) is 11.6 Å². The molecule has 0 atom stereocenters. The molecule has 140 valence electrons. The predicted molar refractivity (Wildman–Crippen MR) is 108 cm³/mol. The van der Waals surface area contributed by atoms with E-state index in [1.54, 1.807) is 18.6 Å². The zero-order valence-corrected chi connectivity index (χ0v) is 15.2. The van der Waals surface area contributed by atoms with Gasteiger partial charge in [-0.25, -0.2) is 9.97 Å². The molecule has 3 heterocycles.